The van der Waals surface area contributed by atoms with Crippen molar-refractivity contribution in [2.75, 3.05) is 79.2 Å². The number of fused-ring (bicyclic) bond motifs is 1. The predicted molar refractivity (Wildman–Crippen MR) is 195 cm³/mol. The van der Waals surface area contributed by atoms with Gasteiger partial charge in [0.15, 0.2) is 11.5 Å². The molecule has 1 saturated heterocycles. The number of nitrogens with zero attached hydrogens (tertiary/aromatic N) is 3. The highest BCUT2D eigenvalue weighted by molar-refractivity contribution is 6.04. The number of ether oxygens (including phenoxy) is 4. The molecule has 11 heteroatoms. The number of hydrogen-bond acceptors (Lipinski definition) is 8. The Kier molecular flexibility index (Phi) is 14.3. The van der Waals surface area contributed by atoms with Crippen LogP contribution in [0.3, 0.4) is 0 Å². The monoisotopic (exact) mass is 703 g/mol. The molecule has 0 spiro atoms. The lowest BCUT2D eigenvalue weighted by Crippen LogP contribution is -2.53. The van der Waals surface area contributed by atoms with E-state index in [0.29, 0.717) is 36.0 Å². The lowest BCUT2D eigenvalue weighted by atomic mass is 9.64. The summed E-state index contributed by atoms with van der Waals surface area (Å²) in [6.45, 7) is 9.43. The van der Waals surface area contributed by atoms with E-state index in [0.717, 1.165) is 61.5 Å². The van der Waals surface area contributed by atoms with E-state index in [4.69, 9.17) is 18.9 Å². The molecule has 1 N–H and O–H groups in total. The molecule has 2 unspecified atom stereocenters. The van der Waals surface area contributed by atoms with Crippen LogP contribution in [-0.4, -0.2) is 101 Å². The van der Waals surface area contributed by atoms with Gasteiger partial charge in [0, 0.05) is 57.6 Å². The molecule has 9 nitrogen and oxygen atoms in total. The van der Waals surface area contributed by atoms with E-state index in [-0.39, 0.29) is 43.2 Å². The second kappa shape index (κ2) is 17.4. The van der Waals surface area contributed by atoms with Gasteiger partial charge in [0.2, 0.25) is 11.7 Å². The number of rotatable bonds is 13. The summed E-state index contributed by atoms with van der Waals surface area (Å²) in [5.74, 6) is 2.71. The summed E-state index contributed by atoms with van der Waals surface area (Å²) in [5.41, 5.74) is 3.36. The Hall–Kier alpha value is -3.21. The average Bonchev–Trinajstić information content (AvgIpc) is 3.08. The predicted octanol–water partition coefficient (Wildman–Crippen LogP) is 5.27. The maximum Gasteiger partial charge on any atom is 0.238 e. The Bertz CT molecular complexity index is 1470. The zero-order valence-electron chi connectivity index (χ0n) is 28.9. The Morgan fingerprint density at radius 1 is 0.833 bits per heavy atom. The molecule has 264 valence electrons. The number of halogens is 2. The molecule has 1 fully saturated rings. The van der Waals surface area contributed by atoms with E-state index in [2.05, 4.69) is 29.7 Å². The average molecular weight is 705 g/mol. The normalized spacial score (nSPS) is 18.8. The lowest BCUT2D eigenvalue weighted by molar-refractivity contribution is -0.126. The van der Waals surface area contributed by atoms with Gasteiger partial charge in [-0.2, -0.15) is 0 Å². The van der Waals surface area contributed by atoms with Crippen LogP contribution in [0.5, 0.6) is 23.0 Å². The second-order valence-electron chi connectivity index (χ2n) is 12.7. The van der Waals surface area contributed by atoms with E-state index < -0.39 is 11.5 Å². The van der Waals surface area contributed by atoms with Crippen molar-refractivity contribution in [1.29, 1.82) is 0 Å². The van der Waals surface area contributed by atoms with E-state index in [1.165, 1.54) is 0 Å². The first-order valence-electron chi connectivity index (χ1n) is 16.2. The Balaban J connectivity index is 0.00000312. The summed E-state index contributed by atoms with van der Waals surface area (Å²) in [5, 5.41) is 11.0. The molecule has 0 aliphatic carbocycles. The number of hydrogen-bond donors (Lipinski definition) is 1. The summed E-state index contributed by atoms with van der Waals surface area (Å²) in [6, 6.07) is 20.0. The van der Waals surface area contributed by atoms with Crippen molar-refractivity contribution >= 4 is 36.4 Å². The highest BCUT2D eigenvalue weighted by Crippen LogP contribution is 2.47. The maximum absolute atomic E-state index is 14.0. The minimum Gasteiger partial charge on any atom is -0.493 e. The van der Waals surface area contributed by atoms with E-state index in [1.807, 2.05) is 61.6 Å². The molecule has 2 heterocycles. The molecule has 2 atom stereocenters. The van der Waals surface area contributed by atoms with Gasteiger partial charge in [-0.3, -0.25) is 9.69 Å². The summed E-state index contributed by atoms with van der Waals surface area (Å²) in [6.07, 6.45) is 0.824. The highest BCUT2D eigenvalue weighted by Gasteiger charge is 2.50. The third-order valence-corrected chi connectivity index (χ3v) is 9.67. The van der Waals surface area contributed by atoms with Crippen molar-refractivity contribution in [3.05, 3.63) is 77.4 Å². The fourth-order valence-corrected chi connectivity index (χ4v) is 7.00. The van der Waals surface area contributed by atoms with Gasteiger partial charge in [0.25, 0.3) is 0 Å². The quantitative estimate of drug-likeness (QED) is 0.258. The number of piperazine rings is 1. The van der Waals surface area contributed by atoms with Crippen molar-refractivity contribution in [3.63, 3.8) is 0 Å². The molecule has 2 aliphatic heterocycles. The van der Waals surface area contributed by atoms with Gasteiger partial charge < -0.3 is 33.9 Å². The van der Waals surface area contributed by atoms with Crippen LogP contribution in [0.1, 0.15) is 30.5 Å². The summed E-state index contributed by atoms with van der Waals surface area (Å²) < 4.78 is 22.8. The van der Waals surface area contributed by atoms with Crippen LogP contribution >= 0.6 is 24.8 Å². The molecule has 0 radical (unpaired) electrons. The summed E-state index contributed by atoms with van der Waals surface area (Å²) >= 11 is 0. The number of amides is 1. The number of anilines is 1. The molecule has 3 aromatic rings. The first-order valence-corrected chi connectivity index (χ1v) is 16.2. The number of β-amino-alcohol motifs (C(OH)–C–C–N with tert-alkyl or cyclic N) is 1. The fourth-order valence-electron chi connectivity index (χ4n) is 7.00. The first-order chi connectivity index (χ1) is 22.2. The molecular formula is C37H51Cl2N3O6. The molecule has 3 aromatic carbocycles. The maximum atomic E-state index is 14.0. The number of benzene rings is 3. The number of aliphatic hydroxyl groups is 1. The van der Waals surface area contributed by atoms with Crippen LogP contribution < -0.4 is 23.8 Å². The van der Waals surface area contributed by atoms with Crippen LogP contribution in [0.25, 0.3) is 0 Å². The second-order valence-corrected chi connectivity index (χ2v) is 12.7. The van der Waals surface area contributed by atoms with Crippen LogP contribution in [0.4, 0.5) is 5.69 Å². The molecule has 5 rings (SSSR count). The van der Waals surface area contributed by atoms with E-state index in [9.17, 15) is 9.90 Å². The summed E-state index contributed by atoms with van der Waals surface area (Å²) in [4.78, 5) is 20.6. The van der Waals surface area contributed by atoms with Crippen LogP contribution in [0.2, 0.25) is 0 Å². The van der Waals surface area contributed by atoms with Gasteiger partial charge in [0.1, 0.15) is 18.5 Å². The van der Waals surface area contributed by atoms with Crippen LogP contribution in [0.15, 0.2) is 60.7 Å². The number of para-hydroxylation sites is 2. The van der Waals surface area contributed by atoms with Crippen LogP contribution in [0, 0.1) is 5.92 Å². The molecule has 2 aliphatic rings. The van der Waals surface area contributed by atoms with Crippen LogP contribution in [-0.2, 0) is 23.1 Å². The number of carbonyl (C=O) groups excluding carboxylic acids is 1. The van der Waals surface area contributed by atoms with Gasteiger partial charge in [-0.05, 0) is 54.2 Å². The van der Waals surface area contributed by atoms with Gasteiger partial charge in [-0.15, -0.1) is 24.8 Å². The Morgan fingerprint density at radius 3 is 2.06 bits per heavy atom. The fraction of sp³-hybridized carbons (Fsp3) is 0.486. The zero-order valence-corrected chi connectivity index (χ0v) is 30.6. The number of aliphatic hydroxyl groups excluding tert-OH is 1. The number of carbonyl (C=O) groups is 1. The van der Waals surface area contributed by atoms with Crippen molar-refractivity contribution in [3.8, 4) is 23.0 Å². The molecule has 0 bridgehead atoms. The van der Waals surface area contributed by atoms with Gasteiger partial charge in [-0.1, -0.05) is 50.2 Å². The van der Waals surface area contributed by atoms with E-state index in [1.54, 1.807) is 26.2 Å². The van der Waals surface area contributed by atoms with Crippen molar-refractivity contribution in [2.45, 2.75) is 38.2 Å². The van der Waals surface area contributed by atoms with Gasteiger partial charge >= 0.3 is 0 Å². The largest absolute Gasteiger partial charge is 0.493 e. The lowest BCUT2D eigenvalue weighted by Gasteiger charge is -2.44. The zero-order chi connectivity index (χ0) is 32.8. The topological polar surface area (TPSA) is 83.9 Å². The standard InChI is InChI=1S/C37H49N3O6.2ClH/c1-26(2)37(23-28-11-7-9-13-31(28)38(3)36(37)42)30-12-8-10-14-32(30)46-25-29(41)24-40-19-17-39(18-20-40)16-15-27-21-33(43-4)35(45-6)34(22-27)44-5;;/h7-14,21-22,26,29,41H,15-20,23-25H2,1-6H3;2*1H. The van der Waals surface area contributed by atoms with Crippen molar-refractivity contribution in [1.82, 2.24) is 9.80 Å². The molecule has 0 aromatic heterocycles. The molecular weight excluding hydrogens is 653 g/mol. The Morgan fingerprint density at radius 2 is 1.44 bits per heavy atom. The number of likely N-dealkylation sites (N-methyl/N-ethyl adjacent to an activating group) is 1. The minimum atomic E-state index is -0.761. The SMILES string of the molecule is COc1cc(CCN2CCN(CC(O)COc3ccccc3C3(C(C)C)Cc4ccccc4N(C)C3=O)CC2)cc(OC)c1OC.Cl.Cl. The highest BCUT2D eigenvalue weighted by atomic mass is 35.5. The molecule has 0 saturated carbocycles. The molecule has 1 amide bonds. The third kappa shape index (κ3) is 8.14. The van der Waals surface area contributed by atoms with E-state index >= 15 is 0 Å². The number of methoxy groups -OCH3 is 3. The third-order valence-electron chi connectivity index (χ3n) is 9.67. The molecule has 48 heavy (non-hydrogen) atoms. The van der Waals surface area contributed by atoms with Gasteiger partial charge in [-0.25, -0.2) is 0 Å². The van der Waals surface area contributed by atoms with Crippen molar-refractivity contribution < 1.29 is 28.8 Å². The minimum absolute atomic E-state index is 0. The first kappa shape index (κ1) is 39.2. The van der Waals surface area contributed by atoms with Crippen molar-refractivity contribution in [2.24, 2.45) is 5.92 Å². The smallest absolute Gasteiger partial charge is 0.238 e. The summed E-state index contributed by atoms with van der Waals surface area (Å²) in [7, 11) is 6.74. The van der Waals surface area contributed by atoms with Gasteiger partial charge in [0.05, 0.1) is 26.7 Å². The Labute approximate surface area is 297 Å².